The first-order valence-electron chi connectivity index (χ1n) is 7.72. The molecule has 0 amide bonds. The van der Waals surface area contributed by atoms with Crippen molar-refractivity contribution in [1.82, 2.24) is 4.98 Å². The van der Waals surface area contributed by atoms with Crippen molar-refractivity contribution in [2.45, 2.75) is 66.2 Å². The quantitative estimate of drug-likeness (QED) is 0.728. The van der Waals surface area contributed by atoms with Gasteiger partial charge in [0.15, 0.2) is 0 Å². The van der Waals surface area contributed by atoms with Gasteiger partial charge in [0.2, 0.25) is 0 Å². The molecule has 0 saturated heterocycles. The van der Waals surface area contributed by atoms with E-state index in [-0.39, 0.29) is 0 Å². The summed E-state index contributed by atoms with van der Waals surface area (Å²) in [6.45, 7) is 13.2. The number of hydrogen-bond acceptors (Lipinski definition) is 1. The molecular weight excluding hydrogens is 230 g/mol. The van der Waals surface area contributed by atoms with E-state index in [0.717, 1.165) is 6.42 Å². The summed E-state index contributed by atoms with van der Waals surface area (Å²) in [6, 6.07) is 0. The first-order chi connectivity index (χ1) is 9.06. The number of nitrogens with zero attached hydrogens (tertiary/aromatic N) is 1. The summed E-state index contributed by atoms with van der Waals surface area (Å²) >= 11 is 0. The predicted molar refractivity (Wildman–Crippen MR) is 83.4 cm³/mol. The monoisotopic (exact) mass is 257 g/mol. The number of aryl methyl sites for hydroxylation is 2. The Hall–Kier alpha value is -1.11. The molecule has 0 aromatic carbocycles. The predicted octanol–water partition coefficient (Wildman–Crippen LogP) is 5.16. The summed E-state index contributed by atoms with van der Waals surface area (Å²) in [7, 11) is 0. The summed E-state index contributed by atoms with van der Waals surface area (Å²) in [4.78, 5) is 4.81. The standard InChI is InChI=1S/C18H27N/c1-6-17-12(2)13(3)18(15(5)19-17)14(4)16-10-8-7-9-11-16/h16H,4,6-11H2,1-3,5H3. The molecule has 19 heavy (non-hydrogen) atoms. The Bertz CT molecular complexity index is 479. The van der Waals surface area contributed by atoms with Crippen LogP contribution in [-0.2, 0) is 6.42 Å². The Kier molecular flexibility index (Phi) is 4.44. The molecule has 0 atom stereocenters. The molecule has 0 radical (unpaired) electrons. The molecule has 104 valence electrons. The van der Waals surface area contributed by atoms with E-state index in [2.05, 4.69) is 34.3 Å². The van der Waals surface area contributed by atoms with E-state index in [1.54, 1.807) is 0 Å². The maximum Gasteiger partial charge on any atom is 0.0453 e. The van der Waals surface area contributed by atoms with Gasteiger partial charge in [0, 0.05) is 17.0 Å². The van der Waals surface area contributed by atoms with Gasteiger partial charge >= 0.3 is 0 Å². The molecule has 1 nitrogen and oxygen atoms in total. The van der Waals surface area contributed by atoms with Crippen LogP contribution in [0.2, 0.25) is 0 Å². The van der Waals surface area contributed by atoms with Crippen molar-refractivity contribution < 1.29 is 0 Å². The van der Waals surface area contributed by atoms with E-state index < -0.39 is 0 Å². The second-order valence-corrected chi connectivity index (χ2v) is 5.98. The van der Waals surface area contributed by atoms with Crippen molar-refractivity contribution in [2.75, 3.05) is 0 Å². The molecule has 1 saturated carbocycles. The number of pyridine rings is 1. The van der Waals surface area contributed by atoms with Gasteiger partial charge in [0.1, 0.15) is 0 Å². The maximum atomic E-state index is 4.81. The Morgan fingerprint density at radius 2 is 1.74 bits per heavy atom. The Labute approximate surface area is 118 Å². The van der Waals surface area contributed by atoms with Gasteiger partial charge in [-0.15, -0.1) is 0 Å². The van der Waals surface area contributed by atoms with E-state index in [4.69, 9.17) is 4.98 Å². The van der Waals surface area contributed by atoms with Crippen LogP contribution in [0.4, 0.5) is 0 Å². The van der Waals surface area contributed by atoms with Gasteiger partial charge in [-0.2, -0.15) is 0 Å². The molecule has 1 aliphatic carbocycles. The molecule has 1 heterocycles. The van der Waals surface area contributed by atoms with Crippen molar-refractivity contribution in [3.8, 4) is 0 Å². The van der Waals surface area contributed by atoms with E-state index in [1.807, 2.05) is 0 Å². The Balaban J connectivity index is 2.38. The van der Waals surface area contributed by atoms with E-state index in [9.17, 15) is 0 Å². The van der Waals surface area contributed by atoms with Crippen LogP contribution in [0.25, 0.3) is 5.57 Å². The van der Waals surface area contributed by atoms with Gasteiger partial charge in [-0.3, -0.25) is 4.98 Å². The SMILES string of the molecule is C=C(c1c(C)nc(CC)c(C)c1C)C1CCCCC1. The highest BCUT2D eigenvalue weighted by molar-refractivity contribution is 5.71. The molecule has 0 N–H and O–H groups in total. The third-order valence-corrected chi connectivity index (χ3v) is 4.79. The summed E-state index contributed by atoms with van der Waals surface area (Å²) in [5.41, 5.74) is 7.88. The van der Waals surface area contributed by atoms with Crippen molar-refractivity contribution >= 4 is 5.57 Å². The van der Waals surface area contributed by atoms with Crippen LogP contribution in [0.15, 0.2) is 6.58 Å². The Morgan fingerprint density at radius 3 is 2.32 bits per heavy atom. The zero-order valence-electron chi connectivity index (χ0n) is 13.0. The molecule has 1 aromatic heterocycles. The highest BCUT2D eigenvalue weighted by Crippen LogP contribution is 2.37. The number of rotatable bonds is 3. The normalized spacial score (nSPS) is 16.6. The van der Waals surface area contributed by atoms with Crippen molar-refractivity contribution in [3.05, 3.63) is 34.7 Å². The minimum Gasteiger partial charge on any atom is -0.257 e. The summed E-state index contributed by atoms with van der Waals surface area (Å²) in [5.74, 6) is 0.680. The van der Waals surface area contributed by atoms with Crippen LogP contribution < -0.4 is 0 Å². The van der Waals surface area contributed by atoms with Crippen LogP contribution >= 0.6 is 0 Å². The van der Waals surface area contributed by atoms with E-state index in [1.165, 1.54) is 65.8 Å². The van der Waals surface area contributed by atoms with E-state index in [0.29, 0.717) is 5.92 Å². The second-order valence-electron chi connectivity index (χ2n) is 5.98. The van der Waals surface area contributed by atoms with Crippen molar-refractivity contribution in [3.63, 3.8) is 0 Å². The van der Waals surface area contributed by atoms with Crippen molar-refractivity contribution in [2.24, 2.45) is 5.92 Å². The zero-order chi connectivity index (χ0) is 14.0. The fraction of sp³-hybridized carbons (Fsp3) is 0.611. The van der Waals surface area contributed by atoms with Crippen LogP contribution in [-0.4, -0.2) is 4.98 Å². The molecule has 0 aliphatic heterocycles. The fourth-order valence-electron chi connectivity index (χ4n) is 3.49. The molecule has 1 aromatic rings. The second kappa shape index (κ2) is 5.90. The topological polar surface area (TPSA) is 12.9 Å². The third kappa shape index (κ3) is 2.75. The van der Waals surface area contributed by atoms with Gasteiger partial charge in [-0.1, -0.05) is 32.8 Å². The number of hydrogen-bond donors (Lipinski definition) is 0. The smallest absolute Gasteiger partial charge is 0.0453 e. The summed E-state index contributed by atoms with van der Waals surface area (Å²) < 4.78 is 0. The molecule has 0 unspecified atom stereocenters. The van der Waals surface area contributed by atoms with E-state index >= 15 is 0 Å². The first kappa shape index (κ1) is 14.3. The van der Waals surface area contributed by atoms with Crippen LogP contribution in [0.3, 0.4) is 0 Å². The molecule has 1 aliphatic rings. The molecule has 0 bridgehead atoms. The van der Waals surface area contributed by atoms with Crippen LogP contribution in [0, 0.1) is 26.7 Å². The van der Waals surface area contributed by atoms with Gasteiger partial charge < -0.3 is 0 Å². The lowest BCUT2D eigenvalue weighted by Gasteiger charge is -2.26. The molecular formula is C18H27N. The van der Waals surface area contributed by atoms with Crippen LogP contribution in [0.5, 0.6) is 0 Å². The fourth-order valence-corrected chi connectivity index (χ4v) is 3.49. The summed E-state index contributed by atoms with van der Waals surface area (Å²) in [6.07, 6.45) is 7.76. The van der Waals surface area contributed by atoms with Gasteiger partial charge in [-0.25, -0.2) is 0 Å². The van der Waals surface area contributed by atoms with Gasteiger partial charge in [0.25, 0.3) is 0 Å². The Morgan fingerprint density at radius 1 is 1.11 bits per heavy atom. The minimum absolute atomic E-state index is 0.680. The lowest BCUT2D eigenvalue weighted by Crippen LogP contribution is -2.12. The van der Waals surface area contributed by atoms with Crippen molar-refractivity contribution in [1.29, 1.82) is 0 Å². The van der Waals surface area contributed by atoms with Gasteiger partial charge in [-0.05, 0) is 62.7 Å². The molecule has 1 heteroatoms. The number of aromatic nitrogens is 1. The van der Waals surface area contributed by atoms with Gasteiger partial charge in [0.05, 0.1) is 0 Å². The molecule has 2 rings (SSSR count). The third-order valence-electron chi connectivity index (χ3n) is 4.79. The lowest BCUT2D eigenvalue weighted by molar-refractivity contribution is 0.429. The largest absolute Gasteiger partial charge is 0.257 e. The average molecular weight is 257 g/mol. The highest BCUT2D eigenvalue weighted by Gasteiger charge is 2.21. The van der Waals surface area contributed by atoms with Crippen LogP contribution in [0.1, 0.15) is 67.1 Å². The maximum absolute atomic E-state index is 4.81. The highest BCUT2D eigenvalue weighted by atomic mass is 14.7. The lowest BCUT2D eigenvalue weighted by atomic mass is 9.79. The molecule has 1 fully saturated rings. The average Bonchev–Trinajstić information content (AvgIpc) is 2.43. The minimum atomic E-state index is 0.680. The first-order valence-corrected chi connectivity index (χ1v) is 7.72. The molecule has 0 spiro atoms. The zero-order valence-corrected chi connectivity index (χ0v) is 13.0. The number of allylic oxidation sites excluding steroid dienone is 1. The summed E-state index contributed by atoms with van der Waals surface area (Å²) in [5, 5.41) is 0.